The summed E-state index contributed by atoms with van der Waals surface area (Å²) in [5.41, 5.74) is 1.67. The summed E-state index contributed by atoms with van der Waals surface area (Å²) in [6, 6.07) is 26.4. The normalized spacial score (nSPS) is 10.3. The molecule has 0 saturated heterocycles. The van der Waals surface area contributed by atoms with Gasteiger partial charge in [0.1, 0.15) is 18.1 Å². The molecule has 3 aromatic rings. The van der Waals surface area contributed by atoms with Crippen LogP contribution in [0.2, 0.25) is 0 Å². The fourth-order valence-corrected chi connectivity index (χ4v) is 2.25. The summed E-state index contributed by atoms with van der Waals surface area (Å²) in [6.07, 6.45) is 0. The van der Waals surface area contributed by atoms with Crippen LogP contribution in [0.25, 0.3) is 0 Å². The Kier molecular flexibility index (Phi) is 5.38. The van der Waals surface area contributed by atoms with E-state index in [1.54, 1.807) is 24.3 Å². The summed E-state index contributed by atoms with van der Waals surface area (Å²) >= 11 is 0. The molecule has 0 bridgehead atoms. The highest BCUT2D eigenvalue weighted by atomic mass is 16.5. The van der Waals surface area contributed by atoms with Gasteiger partial charge in [-0.3, -0.25) is 4.79 Å². The molecule has 0 aliphatic heterocycles. The number of carbonyl (C=O) groups excluding carboxylic acids is 1. The van der Waals surface area contributed by atoms with Gasteiger partial charge in [-0.2, -0.15) is 0 Å². The Bertz CT molecular complexity index is 765. The van der Waals surface area contributed by atoms with Crippen LogP contribution in [0.5, 0.6) is 11.5 Å². The molecule has 0 N–H and O–H groups in total. The van der Waals surface area contributed by atoms with Crippen LogP contribution < -0.4 is 4.74 Å². The summed E-state index contributed by atoms with van der Waals surface area (Å²) in [5.74, 6) is 1.42. The van der Waals surface area contributed by atoms with Gasteiger partial charge in [0.05, 0.1) is 6.61 Å². The number of para-hydroxylation sites is 1. The van der Waals surface area contributed by atoms with E-state index in [0.717, 1.165) is 11.3 Å². The number of carbonyl (C=O) groups is 1. The zero-order valence-corrected chi connectivity index (χ0v) is 13.2. The van der Waals surface area contributed by atoms with Crippen LogP contribution in [0, 0.1) is 0 Å². The molecule has 0 amide bonds. The van der Waals surface area contributed by atoms with E-state index in [1.807, 2.05) is 60.7 Å². The third kappa shape index (κ3) is 4.54. The SMILES string of the molecule is O=C(COCc1ccccc1)c1ccc(Oc2ccccc2)cc1. The highest BCUT2D eigenvalue weighted by Crippen LogP contribution is 2.21. The molecule has 3 nitrogen and oxygen atoms in total. The quantitative estimate of drug-likeness (QED) is 0.583. The minimum atomic E-state index is -0.0443. The van der Waals surface area contributed by atoms with Crippen molar-refractivity contribution in [2.24, 2.45) is 0 Å². The van der Waals surface area contributed by atoms with Crippen LogP contribution in [-0.2, 0) is 11.3 Å². The lowest BCUT2D eigenvalue weighted by Gasteiger charge is -2.07. The van der Waals surface area contributed by atoms with E-state index in [9.17, 15) is 4.79 Å². The Balaban J connectivity index is 1.52. The molecule has 0 radical (unpaired) electrons. The molecular weight excluding hydrogens is 300 g/mol. The van der Waals surface area contributed by atoms with E-state index in [-0.39, 0.29) is 12.4 Å². The van der Waals surface area contributed by atoms with Crippen LogP contribution >= 0.6 is 0 Å². The van der Waals surface area contributed by atoms with Gasteiger partial charge in [-0.25, -0.2) is 0 Å². The van der Waals surface area contributed by atoms with Crippen molar-refractivity contribution < 1.29 is 14.3 Å². The third-order valence-corrected chi connectivity index (χ3v) is 3.50. The zero-order chi connectivity index (χ0) is 16.6. The van der Waals surface area contributed by atoms with Gasteiger partial charge >= 0.3 is 0 Å². The van der Waals surface area contributed by atoms with Crippen molar-refractivity contribution in [2.75, 3.05) is 6.61 Å². The molecule has 0 spiro atoms. The van der Waals surface area contributed by atoms with Crippen molar-refractivity contribution in [1.82, 2.24) is 0 Å². The van der Waals surface area contributed by atoms with Crippen molar-refractivity contribution in [1.29, 1.82) is 0 Å². The van der Waals surface area contributed by atoms with E-state index in [1.165, 1.54) is 0 Å². The lowest BCUT2D eigenvalue weighted by Crippen LogP contribution is -2.09. The van der Waals surface area contributed by atoms with Crippen LogP contribution in [0.4, 0.5) is 0 Å². The smallest absolute Gasteiger partial charge is 0.188 e. The van der Waals surface area contributed by atoms with Crippen molar-refractivity contribution in [3.05, 3.63) is 96.1 Å². The Morgan fingerprint density at radius 1 is 0.708 bits per heavy atom. The Morgan fingerprint density at radius 3 is 1.96 bits per heavy atom. The molecular formula is C21H18O3. The molecule has 0 aliphatic carbocycles. The first kappa shape index (κ1) is 16.0. The van der Waals surface area contributed by atoms with Crippen LogP contribution in [0.15, 0.2) is 84.9 Å². The molecule has 0 heterocycles. The summed E-state index contributed by atoms with van der Waals surface area (Å²) in [6.45, 7) is 0.496. The molecule has 0 aromatic heterocycles. The Labute approximate surface area is 141 Å². The highest BCUT2D eigenvalue weighted by Gasteiger charge is 2.07. The van der Waals surface area contributed by atoms with E-state index in [4.69, 9.17) is 9.47 Å². The zero-order valence-electron chi connectivity index (χ0n) is 13.2. The predicted molar refractivity (Wildman–Crippen MR) is 93.4 cm³/mol. The van der Waals surface area contributed by atoms with Crippen LogP contribution in [0.3, 0.4) is 0 Å². The molecule has 120 valence electrons. The maximum atomic E-state index is 12.1. The number of rotatable bonds is 7. The van der Waals surface area contributed by atoms with Crippen molar-refractivity contribution in [3.63, 3.8) is 0 Å². The second-order valence-electron chi connectivity index (χ2n) is 5.34. The van der Waals surface area contributed by atoms with E-state index in [2.05, 4.69) is 0 Å². The Morgan fingerprint density at radius 2 is 1.29 bits per heavy atom. The minimum absolute atomic E-state index is 0.0443. The maximum absolute atomic E-state index is 12.1. The molecule has 3 rings (SSSR count). The summed E-state index contributed by atoms with van der Waals surface area (Å²) < 4.78 is 11.2. The third-order valence-electron chi connectivity index (χ3n) is 3.50. The summed E-state index contributed by atoms with van der Waals surface area (Å²) in [4.78, 5) is 12.1. The average Bonchev–Trinajstić information content (AvgIpc) is 2.64. The van der Waals surface area contributed by atoms with Crippen molar-refractivity contribution in [3.8, 4) is 11.5 Å². The molecule has 0 saturated carbocycles. The molecule has 0 aliphatic rings. The topological polar surface area (TPSA) is 35.5 Å². The average molecular weight is 318 g/mol. The minimum Gasteiger partial charge on any atom is -0.457 e. The van der Waals surface area contributed by atoms with Gasteiger partial charge in [-0.05, 0) is 42.0 Å². The standard InChI is InChI=1S/C21H18O3/c22-21(16-23-15-17-7-3-1-4-8-17)18-11-13-20(14-12-18)24-19-9-5-2-6-10-19/h1-14H,15-16H2. The summed E-state index contributed by atoms with van der Waals surface area (Å²) in [7, 11) is 0. The van der Waals surface area contributed by atoms with Gasteiger partial charge < -0.3 is 9.47 Å². The number of benzene rings is 3. The van der Waals surface area contributed by atoms with Gasteiger partial charge in [-0.15, -0.1) is 0 Å². The van der Waals surface area contributed by atoms with Gasteiger partial charge in [0.25, 0.3) is 0 Å². The molecule has 3 heteroatoms. The van der Waals surface area contributed by atoms with Crippen molar-refractivity contribution in [2.45, 2.75) is 6.61 Å². The number of hydrogen-bond donors (Lipinski definition) is 0. The molecule has 3 aromatic carbocycles. The van der Waals surface area contributed by atoms with Gasteiger partial charge in [0.2, 0.25) is 0 Å². The first-order chi connectivity index (χ1) is 11.8. The Hall–Kier alpha value is -2.91. The lowest BCUT2D eigenvalue weighted by atomic mass is 10.1. The second kappa shape index (κ2) is 8.09. The summed E-state index contributed by atoms with van der Waals surface area (Å²) in [5, 5.41) is 0. The monoisotopic (exact) mass is 318 g/mol. The fraction of sp³-hybridized carbons (Fsp3) is 0.0952. The second-order valence-corrected chi connectivity index (χ2v) is 5.34. The fourth-order valence-electron chi connectivity index (χ4n) is 2.25. The number of ether oxygens (including phenoxy) is 2. The molecule has 24 heavy (non-hydrogen) atoms. The van der Waals surface area contributed by atoms with Crippen molar-refractivity contribution >= 4 is 5.78 Å². The van der Waals surface area contributed by atoms with Gasteiger partial charge in [0, 0.05) is 5.56 Å². The lowest BCUT2D eigenvalue weighted by molar-refractivity contribution is 0.0726. The van der Waals surface area contributed by atoms with Crippen LogP contribution in [-0.4, -0.2) is 12.4 Å². The highest BCUT2D eigenvalue weighted by molar-refractivity contribution is 5.97. The van der Waals surface area contributed by atoms with E-state index in [0.29, 0.717) is 17.9 Å². The van der Waals surface area contributed by atoms with Crippen LogP contribution in [0.1, 0.15) is 15.9 Å². The van der Waals surface area contributed by atoms with E-state index >= 15 is 0 Å². The van der Waals surface area contributed by atoms with Gasteiger partial charge in [0.15, 0.2) is 5.78 Å². The predicted octanol–water partition coefficient (Wildman–Crippen LogP) is 4.88. The van der Waals surface area contributed by atoms with Gasteiger partial charge in [-0.1, -0.05) is 48.5 Å². The number of hydrogen-bond acceptors (Lipinski definition) is 3. The first-order valence-corrected chi connectivity index (χ1v) is 7.79. The van der Waals surface area contributed by atoms with E-state index < -0.39 is 0 Å². The molecule has 0 atom stereocenters. The number of ketones is 1. The molecule has 0 unspecified atom stereocenters. The maximum Gasteiger partial charge on any atom is 0.188 e. The molecule has 0 fully saturated rings. The number of Topliss-reactive ketones (excluding diaryl/α,β-unsaturated/α-hetero) is 1. The first-order valence-electron chi connectivity index (χ1n) is 7.79. The largest absolute Gasteiger partial charge is 0.457 e.